The summed E-state index contributed by atoms with van der Waals surface area (Å²) < 4.78 is 0. The van der Waals surface area contributed by atoms with E-state index < -0.39 is 18.1 Å². The summed E-state index contributed by atoms with van der Waals surface area (Å²) in [5.41, 5.74) is 0. The van der Waals surface area contributed by atoms with E-state index in [1.807, 2.05) is 13.0 Å². The molecular weight excluding hydrogens is 208 g/mol. The maximum atomic E-state index is 10.5. The second-order valence-electron chi connectivity index (χ2n) is 3.62. The number of aliphatic hydroxyl groups is 1. The third kappa shape index (κ3) is 8.40. The van der Waals surface area contributed by atoms with E-state index in [0.29, 0.717) is 19.6 Å². The molecule has 0 aliphatic heterocycles. The van der Waals surface area contributed by atoms with Gasteiger partial charge in [0.2, 0.25) is 0 Å². The summed E-state index contributed by atoms with van der Waals surface area (Å²) in [4.78, 5) is 10.5. The van der Waals surface area contributed by atoms with Crippen LogP contribution in [0.5, 0.6) is 0 Å². The lowest BCUT2D eigenvalue weighted by atomic mass is 10.3. The van der Waals surface area contributed by atoms with Gasteiger partial charge in [-0.3, -0.25) is 4.79 Å². The van der Waals surface area contributed by atoms with Gasteiger partial charge in [0.15, 0.2) is 0 Å². The molecule has 0 aromatic heterocycles. The SMILES string of the molecule is CC/C=C/C(O)CNCCNC(C)C(=O)O. The van der Waals surface area contributed by atoms with Gasteiger partial charge in [-0.2, -0.15) is 0 Å². The highest BCUT2D eigenvalue weighted by Gasteiger charge is 2.08. The van der Waals surface area contributed by atoms with Crippen molar-refractivity contribution in [3.05, 3.63) is 12.2 Å². The fourth-order valence-corrected chi connectivity index (χ4v) is 1.08. The second kappa shape index (κ2) is 9.33. The van der Waals surface area contributed by atoms with E-state index in [0.717, 1.165) is 6.42 Å². The molecule has 0 radical (unpaired) electrons. The zero-order chi connectivity index (χ0) is 12.4. The van der Waals surface area contributed by atoms with Crippen molar-refractivity contribution in [2.45, 2.75) is 32.4 Å². The smallest absolute Gasteiger partial charge is 0.320 e. The van der Waals surface area contributed by atoms with Crippen molar-refractivity contribution in [3.8, 4) is 0 Å². The molecule has 0 fully saturated rings. The Morgan fingerprint density at radius 2 is 2.12 bits per heavy atom. The molecule has 0 aliphatic rings. The summed E-state index contributed by atoms with van der Waals surface area (Å²) in [5, 5.41) is 23.9. The Balaban J connectivity index is 3.39. The average molecular weight is 230 g/mol. The second-order valence-corrected chi connectivity index (χ2v) is 3.62. The van der Waals surface area contributed by atoms with Gasteiger partial charge in [0, 0.05) is 19.6 Å². The first-order valence-corrected chi connectivity index (χ1v) is 5.59. The topological polar surface area (TPSA) is 81.6 Å². The number of carbonyl (C=O) groups is 1. The van der Waals surface area contributed by atoms with Crippen molar-refractivity contribution in [3.63, 3.8) is 0 Å². The van der Waals surface area contributed by atoms with Crippen LogP contribution in [0.3, 0.4) is 0 Å². The van der Waals surface area contributed by atoms with Crippen molar-refractivity contribution >= 4 is 5.97 Å². The van der Waals surface area contributed by atoms with Crippen LogP contribution in [0.25, 0.3) is 0 Å². The van der Waals surface area contributed by atoms with Crippen LogP contribution < -0.4 is 10.6 Å². The molecule has 5 heteroatoms. The van der Waals surface area contributed by atoms with Crippen LogP contribution in [0.2, 0.25) is 0 Å². The minimum Gasteiger partial charge on any atom is -0.480 e. The molecule has 4 N–H and O–H groups in total. The Hall–Kier alpha value is -0.910. The van der Waals surface area contributed by atoms with E-state index in [1.165, 1.54) is 0 Å². The summed E-state index contributed by atoms with van der Waals surface area (Å²) in [6.07, 6.45) is 4.10. The monoisotopic (exact) mass is 230 g/mol. The summed E-state index contributed by atoms with van der Waals surface area (Å²) in [6.45, 7) is 5.29. The van der Waals surface area contributed by atoms with Crippen LogP contribution in [-0.2, 0) is 4.79 Å². The average Bonchev–Trinajstić information content (AvgIpc) is 2.25. The first-order valence-electron chi connectivity index (χ1n) is 5.59. The van der Waals surface area contributed by atoms with E-state index >= 15 is 0 Å². The fraction of sp³-hybridized carbons (Fsp3) is 0.727. The number of nitrogens with one attached hydrogen (secondary N) is 2. The molecule has 0 amide bonds. The molecule has 2 unspecified atom stereocenters. The van der Waals surface area contributed by atoms with Crippen LogP contribution in [0, 0.1) is 0 Å². The van der Waals surface area contributed by atoms with Crippen LogP contribution in [0.4, 0.5) is 0 Å². The Labute approximate surface area is 96.5 Å². The van der Waals surface area contributed by atoms with Gasteiger partial charge in [-0.1, -0.05) is 19.1 Å². The normalized spacial score (nSPS) is 15.2. The number of allylic oxidation sites excluding steroid dienone is 1. The first-order chi connectivity index (χ1) is 7.57. The largest absolute Gasteiger partial charge is 0.480 e. The van der Waals surface area contributed by atoms with Crippen LogP contribution in [0.1, 0.15) is 20.3 Å². The van der Waals surface area contributed by atoms with Gasteiger partial charge < -0.3 is 20.8 Å². The van der Waals surface area contributed by atoms with Gasteiger partial charge in [0.1, 0.15) is 6.04 Å². The van der Waals surface area contributed by atoms with Crippen LogP contribution in [-0.4, -0.2) is 48.0 Å². The lowest BCUT2D eigenvalue weighted by Crippen LogP contribution is -2.39. The summed E-state index contributed by atoms with van der Waals surface area (Å²) >= 11 is 0. The molecule has 0 saturated heterocycles. The lowest BCUT2D eigenvalue weighted by molar-refractivity contribution is -0.138. The molecule has 0 saturated carbocycles. The minimum atomic E-state index is -0.856. The highest BCUT2D eigenvalue weighted by Crippen LogP contribution is 1.86. The molecule has 16 heavy (non-hydrogen) atoms. The Morgan fingerprint density at radius 3 is 2.69 bits per heavy atom. The standard InChI is InChI=1S/C11H22N2O3/c1-3-4-5-10(14)8-12-6-7-13-9(2)11(15)16/h4-5,9-10,12-14H,3,6-8H2,1-2H3,(H,15,16)/b5-4+. The Morgan fingerprint density at radius 1 is 1.44 bits per heavy atom. The minimum absolute atomic E-state index is 0.475. The lowest BCUT2D eigenvalue weighted by Gasteiger charge is -2.11. The molecule has 0 aliphatic carbocycles. The third-order valence-corrected chi connectivity index (χ3v) is 2.07. The molecule has 5 nitrogen and oxygen atoms in total. The van der Waals surface area contributed by atoms with Crippen molar-refractivity contribution in [2.75, 3.05) is 19.6 Å². The highest BCUT2D eigenvalue weighted by molar-refractivity contribution is 5.72. The Bertz CT molecular complexity index is 219. The molecule has 2 atom stereocenters. The quantitative estimate of drug-likeness (QED) is 0.330. The fourth-order valence-electron chi connectivity index (χ4n) is 1.08. The summed E-state index contributed by atoms with van der Waals surface area (Å²) in [5.74, 6) is -0.856. The molecule has 0 bridgehead atoms. The van der Waals surface area contributed by atoms with Crippen molar-refractivity contribution < 1.29 is 15.0 Å². The number of carboxylic acid groups (broad SMARTS) is 1. The van der Waals surface area contributed by atoms with Gasteiger partial charge in [0.05, 0.1) is 6.10 Å². The molecule has 0 spiro atoms. The van der Waals surface area contributed by atoms with E-state index in [4.69, 9.17) is 5.11 Å². The van der Waals surface area contributed by atoms with Crippen molar-refractivity contribution in [1.29, 1.82) is 0 Å². The van der Waals surface area contributed by atoms with Crippen molar-refractivity contribution in [1.82, 2.24) is 10.6 Å². The van der Waals surface area contributed by atoms with E-state index in [1.54, 1.807) is 13.0 Å². The molecule has 0 rings (SSSR count). The molecule has 0 aromatic rings. The molecule has 0 aromatic carbocycles. The first kappa shape index (κ1) is 15.1. The number of aliphatic carboxylic acids is 1. The highest BCUT2D eigenvalue weighted by atomic mass is 16.4. The predicted octanol–water partition coefficient (Wildman–Crippen LogP) is -0.0342. The van der Waals surface area contributed by atoms with Gasteiger partial charge in [-0.15, -0.1) is 0 Å². The van der Waals surface area contributed by atoms with Gasteiger partial charge in [-0.25, -0.2) is 0 Å². The zero-order valence-corrected chi connectivity index (χ0v) is 9.94. The maximum absolute atomic E-state index is 10.5. The molecular formula is C11H22N2O3. The predicted molar refractivity (Wildman–Crippen MR) is 63.4 cm³/mol. The maximum Gasteiger partial charge on any atom is 0.320 e. The van der Waals surface area contributed by atoms with Crippen molar-refractivity contribution in [2.24, 2.45) is 0 Å². The van der Waals surface area contributed by atoms with Gasteiger partial charge in [0.25, 0.3) is 0 Å². The summed E-state index contributed by atoms with van der Waals surface area (Å²) in [6, 6.07) is -0.535. The van der Waals surface area contributed by atoms with E-state index in [9.17, 15) is 9.90 Å². The zero-order valence-electron chi connectivity index (χ0n) is 9.94. The van der Waals surface area contributed by atoms with Gasteiger partial charge in [-0.05, 0) is 13.3 Å². The number of aliphatic hydroxyl groups excluding tert-OH is 1. The number of hydrogen-bond donors (Lipinski definition) is 4. The van der Waals surface area contributed by atoms with E-state index in [2.05, 4.69) is 10.6 Å². The third-order valence-electron chi connectivity index (χ3n) is 2.07. The van der Waals surface area contributed by atoms with Crippen LogP contribution >= 0.6 is 0 Å². The van der Waals surface area contributed by atoms with Gasteiger partial charge >= 0.3 is 5.97 Å². The van der Waals surface area contributed by atoms with Crippen LogP contribution in [0.15, 0.2) is 12.2 Å². The number of carboxylic acids is 1. The molecule has 0 heterocycles. The number of rotatable bonds is 9. The Kier molecular flexibility index (Phi) is 8.80. The number of hydrogen-bond acceptors (Lipinski definition) is 4. The van der Waals surface area contributed by atoms with E-state index in [-0.39, 0.29) is 0 Å². The molecule has 94 valence electrons. The summed E-state index contributed by atoms with van der Waals surface area (Å²) in [7, 11) is 0.